The van der Waals surface area contributed by atoms with Crippen LogP contribution in [0.2, 0.25) is 0 Å². The molecule has 0 unspecified atom stereocenters. The largest absolute Gasteiger partial charge is 0.394 e. The minimum atomic E-state index is -1.21. The van der Waals surface area contributed by atoms with E-state index < -0.39 is 31.1 Å². The third kappa shape index (κ3) is 2.75. The van der Waals surface area contributed by atoms with Crippen LogP contribution in [0, 0.1) is 0 Å². The van der Waals surface area contributed by atoms with Crippen LogP contribution in [0.4, 0.5) is 5.82 Å². The van der Waals surface area contributed by atoms with E-state index in [4.69, 9.17) is 4.74 Å². The van der Waals surface area contributed by atoms with Gasteiger partial charge in [0.15, 0.2) is 17.9 Å². The first-order valence-electron chi connectivity index (χ1n) is 8.43. The molecule has 0 aromatic carbocycles. The molecule has 0 aliphatic carbocycles. The number of rotatable bonds is 3. The first kappa shape index (κ1) is 17.8. The number of amidine groups is 1. The van der Waals surface area contributed by atoms with Crippen LogP contribution < -0.4 is 5.01 Å². The molecule has 4 atom stereocenters. The second-order valence-electron chi connectivity index (χ2n) is 6.73. The van der Waals surface area contributed by atoms with E-state index in [-0.39, 0.29) is 0 Å². The van der Waals surface area contributed by atoms with Crippen molar-refractivity contribution in [2.45, 2.75) is 24.5 Å². The van der Waals surface area contributed by atoms with Crippen LogP contribution in [0.5, 0.6) is 0 Å². The smallest absolute Gasteiger partial charge is 0.183 e. The Bertz CT molecular complexity index is 925. The van der Waals surface area contributed by atoms with Crippen LogP contribution in [0.15, 0.2) is 22.6 Å². The highest BCUT2D eigenvalue weighted by Gasteiger charge is 2.44. The number of aliphatic hydroxyl groups excluding tert-OH is 3. The van der Waals surface area contributed by atoms with Crippen molar-refractivity contribution in [2.75, 3.05) is 32.8 Å². The van der Waals surface area contributed by atoms with Gasteiger partial charge in [-0.15, -0.1) is 0 Å². The van der Waals surface area contributed by atoms with Crippen molar-refractivity contribution in [1.29, 1.82) is 0 Å². The summed E-state index contributed by atoms with van der Waals surface area (Å²) in [5.74, 6) is 1.06. The lowest BCUT2D eigenvalue weighted by molar-refractivity contribution is -0.0508. The fourth-order valence-electron chi connectivity index (χ4n) is 3.30. The van der Waals surface area contributed by atoms with Crippen LogP contribution in [0.1, 0.15) is 11.8 Å². The van der Waals surface area contributed by atoms with Crippen molar-refractivity contribution in [3.63, 3.8) is 0 Å². The molecule has 2 aliphatic rings. The van der Waals surface area contributed by atoms with Gasteiger partial charge >= 0.3 is 0 Å². The van der Waals surface area contributed by atoms with E-state index in [1.165, 1.54) is 6.33 Å². The Hall–Kier alpha value is -2.60. The summed E-state index contributed by atoms with van der Waals surface area (Å²) in [4.78, 5) is 14.8. The highest BCUT2D eigenvalue weighted by Crippen LogP contribution is 2.37. The first-order chi connectivity index (χ1) is 12.9. The monoisotopic (exact) mass is 375 g/mol. The van der Waals surface area contributed by atoms with Gasteiger partial charge in [0.25, 0.3) is 0 Å². The number of aromatic nitrogens is 3. The zero-order valence-electron chi connectivity index (χ0n) is 15.1. The van der Waals surface area contributed by atoms with E-state index in [0.717, 1.165) is 5.39 Å². The predicted octanol–water partition coefficient (Wildman–Crippen LogP) is -1.26. The lowest BCUT2D eigenvalue weighted by Crippen LogP contribution is -2.33. The fourth-order valence-corrected chi connectivity index (χ4v) is 3.30. The van der Waals surface area contributed by atoms with E-state index in [1.54, 1.807) is 34.1 Å². The molecule has 0 amide bonds. The SMILES string of the molecule is CN(C)C=NC1=NN(C)c2ncnc3c2c1cn3[C@@H]1O[C@H](CO)[C@@H](O)[C@H]1O. The molecule has 0 bridgehead atoms. The van der Waals surface area contributed by atoms with Gasteiger partial charge in [0.05, 0.1) is 23.9 Å². The molecule has 2 aliphatic heterocycles. The topological polar surface area (TPSA) is 132 Å². The quantitative estimate of drug-likeness (QED) is 0.448. The summed E-state index contributed by atoms with van der Waals surface area (Å²) in [6.07, 6.45) is 0.569. The van der Waals surface area contributed by atoms with E-state index >= 15 is 0 Å². The zero-order chi connectivity index (χ0) is 19.3. The molecule has 11 nitrogen and oxygen atoms in total. The van der Waals surface area contributed by atoms with E-state index in [0.29, 0.717) is 22.9 Å². The van der Waals surface area contributed by atoms with Crippen molar-refractivity contribution in [1.82, 2.24) is 19.4 Å². The van der Waals surface area contributed by atoms with Gasteiger partial charge in [0.1, 0.15) is 30.3 Å². The summed E-state index contributed by atoms with van der Waals surface area (Å²) >= 11 is 0. The standard InChI is InChI=1S/C16H21N7O4/c1-21(2)7-19-13-8-4-23(16-12(26)11(25)9(5-24)27-16)15-10(8)14(17-6-18-15)22(3)20-13/h4,6-7,9,11-12,16,24-26H,5H2,1-3H3/t9-,11-,12-,16-/m1/s1. The summed E-state index contributed by atoms with van der Waals surface area (Å²) in [5, 5.41) is 36.6. The van der Waals surface area contributed by atoms with Gasteiger partial charge < -0.3 is 29.5 Å². The van der Waals surface area contributed by atoms with Crippen LogP contribution in [0.3, 0.4) is 0 Å². The second-order valence-corrected chi connectivity index (χ2v) is 6.73. The Balaban J connectivity index is 1.86. The van der Waals surface area contributed by atoms with Crippen molar-refractivity contribution in [2.24, 2.45) is 10.1 Å². The van der Waals surface area contributed by atoms with E-state index in [1.807, 2.05) is 14.1 Å². The third-order valence-corrected chi connectivity index (χ3v) is 4.58. The van der Waals surface area contributed by atoms with Crippen molar-refractivity contribution >= 4 is 29.0 Å². The van der Waals surface area contributed by atoms with E-state index in [2.05, 4.69) is 20.1 Å². The minimum absolute atomic E-state index is 0.399. The molecule has 11 heteroatoms. The van der Waals surface area contributed by atoms with Gasteiger partial charge in [0, 0.05) is 27.3 Å². The van der Waals surface area contributed by atoms with Crippen molar-refractivity contribution in [3.05, 3.63) is 18.1 Å². The van der Waals surface area contributed by atoms with Crippen LogP contribution in [-0.4, -0.2) is 93.0 Å². The van der Waals surface area contributed by atoms with Crippen LogP contribution in [-0.2, 0) is 4.74 Å². The van der Waals surface area contributed by atoms with E-state index in [9.17, 15) is 15.3 Å². The number of aliphatic hydroxyl groups is 3. The molecule has 27 heavy (non-hydrogen) atoms. The Labute approximate surface area is 154 Å². The summed E-state index contributed by atoms with van der Waals surface area (Å²) < 4.78 is 7.28. The average Bonchev–Trinajstić information content (AvgIpc) is 3.16. The number of nitrogens with zero attached hydrogens (tertiary/aromatic N) is 7. The van der Waals surface area contributed by atoms with Gasteiger partial charge in [-0.05, 0) is 0 Å². The molecule has 1 saturated heterocycles. The predicted molar refractivity (Wildman–Crippen MR) is 97.7 cm³/mol. The van der Waals surface area contributed by atoms with Gasteiger partial charge in [-0.1, -0.05) is 0 Å². The lowest BCUT2D eigenvalue weighted by atomic mass is 10.1. The Kier molecular flexibility index (Phi) is 4.30. The van der Waals surface area contributed by atoms with Gasteiger partial charge in [-0.25, -0.2) is 20.0 Å². The molecule has 144 valence electrons. The average molecular weight is 375 g/mol. The number of ether oxygens (including phenoxy) is 1. The van der Waals surface area contributed by atoms with Gasteiger partial charge in [-0.2, -0.15) is 5.10 Å². The number of anilines is 1. The Morgan fingerprint density at radius 1 is 1.30 bits per heavy atom. The van der Waals surface area contributed by atoms with Crippen LogP contribution in [0.25, 0.3) is 11.0 Å². The normalized spacial score (nSPS) is 27.6. The third-order valence-electron chi connectivity index (χ3n) is 4.58. The van der Waals surface area contributed by atoms with Crippen molar-refractivity contribution in [3.8, 4) is 0 Å². The van der Waals surface area contributed by atoms with Gasteiger partial charge in [0.2, 0.25) is 0 Å². The maximum atomic E-state index is 10.4. The molecule has 2 aromatic heterocycles. The maximum absolute atomic E-state index is 10.4. The number of hydrazone groups is 1. The summed E-state index contributed by atoms with van der Waals surface area (Å²) in [6, 6.07) is 0. The molecule has 0 radical (unpaired) electrons. The second kappa shape index (κ2) is 6.53. The van der Waals surface area contributed by atoms with Crippen molar-refractivity contribution < 1.29 is 20.1 Å². The van der Waals surface area contributed by atoms with Gasteiger partial charge in [-0.3, -0.25) is 0 Å². The lowest BCUT2D eigenvalue weighted by Gasteiger charge is -2.19. The summed E-state index contributed by atoms with van der Waals surface area (Å²) in [5.41, 5.74) is 1.21. The molecule has 0 spiro atoms. The molecule has 1 fully saturated rings. The Morgan fingerprint density at radius 3 is 2.74 bits per heavy atom. The summed E-state index contributed by atoms with van der Waals surface area (Å²) in [7, 11) is 5.47. The molecule has 2 aromatic rings. The molecule has 4 heterocycles. The highest BCUT2D eigenvalue weighted by atomic mass is 16.6. The first-order valence-corrected chi connectivity index (χ1v) is 8.43. The highest BCUT2D eigenvalue weighted by molar-refractivity contribution is 6.16. The number of hydrogen-bond acceptors (Lipinski definition) is 9. The minimum Gasteiger partial charge on any atom is -0.394 e. The molecule has 4 rings (SSSR count). The fraction of sp³-hybridized carbons (Fsp3) is 0.500. The van der Waals surface area contributed by atoms with Crippen LogP contribution >= 0.6 is 0 Å². The zero-order valence-corrected chi connectivity index (χ0v) is 15.1. The Morgan fingerprint density at radius 2 is 2.07 bits per heavy atom. The maximum Gasteiger partial charge on any atom is 0.183 e. The molecule has 3 N–H and O–H groups in total. The molecular formula is C16H21N7O4. The molecular weight excluding hydrogens is 354 g/mol. The number of hydrogen-bond donors (Lipinski definition) is 3. The number of aliphatic imine (C=N–C) groups is 1. The summed E-state index contributed by atoms with van der Waals surface area (Å²) in [6.45, 7) is -0.399. The molecule has 0 saturated carbocycles.